The van der Waals surface area contributed by atoms with Crippen LogP contribution in [0, 0.1) is 17.8 Å². The summed E-state index contributed by atoms with van der Waals surface area (Å²) in [7, 11) is 0. The van der Waals surface area contributed by atoms with E-state index < -0.39 is 11.9 Å². The lowest BCUT2D eigenvalue weighted by atomic mass is 9.56. The second-order valence-electron chi connectivity index (χ2n) is 16.1. The van der Waals surface area contributed by atoms with Crippen molar-refractivity contribution < 1.29 is 38.9 Å². The number of aliphatic hydroxyl groups is 2. The Morgan fingerprint density at radius 2 is 1.63 bits per heavy atom. The van der Waals surface area contributed by atoms with E-state index >= 15 is 0 Å². The Morgan fingerprint density at radius 3 is 2.32 bits per heavy atom. The molecule has 1 aliphatic heterocycles. The highest BCUT2D eigenvalue weighted by Gasteiger charge is 2.64. The molecule has 1 heterocycles. The van der Waals surface area contributed by atoms with E-state index in [0.29, 0.717) is 49.6 Å². The zero-order valence-corrected chi connectivity index (χ0v) is 36.1. The smallest absolute Gasteiger partial charge is 0.412 e. The van der Waals surface area contributed by atoms with E-state index in [1.54, 1.807) is 23.9 Å². The summed E-state index contributed by atoms with van der Waals surface area (Å²) in [5.41, 5.74) is 5.36. The van der Waals surface area contributed by atoms with Gasteiger partial charge in [-0.25, -0.2) is 4.79 Å². The number of oxime groups is 1. The topological polar surface area (TPSA) is 148 Å². The number of anilines is 1. The van der Waals surface area contributed by atoms with E-state index in [-0.39, 0.29) is 54.6 Å². The summed E-state index contributed by atoms with van der Waals surface area (Å²) < 4.78 is 20.3. The molecule has 3 aliphatic rings. The molecule has 0 aromatic heterocycles. The molecule has 0 radical (unpaired) electrons. The first-order valence-corrected chi connectivity index (χ1v) is 22.5. The Kier molecular flexibility index (Phi) is 15.6. The van der Waals surface area contributed by atoms with Crippen LogP contribution in [0.25, 0.3) is 0 Å². The number of aliphatic hydroxyl groups excluding tert-OH is 2. The molecule has 1 saturated carbocycles. The summed E-state index contributed by atoms with van der Waals surface area (Å²) in [6.07, 6.45) is 8.61. The highest BCUT2D eigenvalue weighted by Crippen LogP contribution is 2.63. The van der Waals surface area contributed by atoms with Gasteiger partial charge in [0, 0.05) is 55.2 Å². The third-order valence-corrected chi connectivity index (χ3v) is 13.1. The van der Waals surface area contributed by atoms with Crippen LogP contribution in [0.5, 0.6) is 11.5 Å². The van der Waals surface area contributed by atoms with Gasteiger partial charge in [-0.15, -0.1) is 18.3 Å². The number of allylic oxidation sites excluding steroid dienone is 1. The number of benzene rings is 4. The second-order valence-corrected chi connectivity index (χ2v) is 17.3. The largest absolute Gasteiger partial charge is 0.460 e. The monoisotopic (exact) mass is 859 g/mol. The van der Waals surface area contributed by atoms with Crippen LogP contribution >= 0.6 is 11.8 Å². The molecule has 11 nitrogen and oxygen atoms in total. The lowest BCUT2D eigenvalue weighted by Gasteiger charge is -2.58. The molecule has 0 bridgehead atoms. The molecular formula is C50H57N3O8S. The molecule has 62 heavy (non-hydrogen) atoms. The van der Waals surface area contributed by atoms with Crippen molar-refractivity contribution in [2.75, 3.05) is 25.1 Å². The third kappa shape index (κ3) is 10.8. The van der Waals surface area contributed by atoms with Gasteiger partial charge in [0.25, 0.3) is 0 Å². The molecule has 4 aromatic rings. The van der Waals surface area contributed by atoms with Gasteiger partial charge in [-0.1, -0.05) is 90.8 Å². The number of ether oxygens (including phenoxy) is 3. The Balaban J connectivity index is 1.35. The number of unbranched alkanes of at least 4 members (excludes halogenated alkanes) is 2. The van der Waals surface area contributed by atoms with E-state index in [2.05, 4.69) is 23.3 Å². The highest BCUT2D eigenvalue weighted by molar-refractivity contribution is 8.00. The lowest BCUT2D eigenvalue weighted by Crippen LogP contribution is -2.64. The first-order chi connectivity index (χ1) is 30.3. The number of nitrogens with zero attached hydrogens (tertiary/aromatic N) is 1. The molecule has 326 valence electrons. The predicted octanol–water partition coefficient (Wildman–Crippen LogP) is 9.56. The summed E-state index contributed by atoms with van der Waals surface area (Å²) >= 11 is 1.63. The normalized spacial score (nSPS) is 22.9. The van der Waals surface area contributed by atoms with Crippen molar-refractivity contribution in [3.63, 3.8) is 0 Å². The van der Waals surface area contributed by atoms with Crippen LogP contribution in [0.3, 0.4) is 0 Å². The zero-order valence-electron chi connectivity index (χ0n) is 35.2. The number of hydrogen-bond donors (Lipinski definition) is 4. The first kappa shape index (κ1) is 44.6. The SMILES string of the molecule is C=CCO[C@@]12Oc3ccc(OC(=O)NCc4ccccc4)cc3[C@H]3[C@H](CCCCO)[C@@H](CCCCO)C=C(C(=NOCc4ccccc4)C[C@@H]1Sc1ccc(NC(C)=O)cc1)[C@H]32. The molecule has 12 heteroatoms. The fraction of sp³-hybridized carbons (Fsp3) is 0.380. The second kappa shape index (κ2) is 21.6. The number of thioether (sulfide) groups is 1. The average molecular weight is 860 g/mol. The fourth-order valence-electron chi connectivity index (χ4n) is 9.14. The van der Waals surface area contributed by atoms with Crippen molar-refractivity contribution in [3.8, 4) is 11.5 Å². The lowest BCUT2D eigenvalue weighted by molar-refractivity contribution is -0.223. The van der Waals surface area contributed by atoms with Gasteiger partial charge in [-0.3, -0.25) is 4.79 Å². The number of carbonyl (C=O) groups is 2. The molecule has 1 fully saturated rings. The van der Waals surface area contributed by atoms with Crippen LogP contribution in [0.4, 0.5) is 10.5 Å². The first-order valence-electron chi connectivity index (χ1n) is 21.6. The van der Waals surface area contributed by atoms with Crippen molar-refractivity contribution in [3.05, 3.63) is 144 Å². The maximum absolute atomic E-state index is 13.2. The summed E-state index contributed by atoms with van der Waals surface area (Å²) in [5.74, 6) is -0.745. The number of fused-ring (bicyclic) bond motifs is 2. The summed E-state index contributed by atoms with van der Waals surface area (Å²) in [6, 6.07) is 32.9. The molecular weight excluding hydrogens is 803 g/mol. The molecule has 0 saturated heterocycles. The van der Waals surface area contributed by atoms with Crippen molar-refractivity contribution in [2.45, 2.75) is 86.9 Å². The third-order valence-electron chi connectivity index (χ3n) is 11.8. The fourth-order valence-corrected chi connectivity index (χ4v) is 10.4. The summed E-state index contributed by atoms with van der Waals surface area (Å²) in [6.45, 7) is 6.56. The van der Waals surface area contributed by atoms with Gasteiger partial charge in [0.15, 0.2) is 0 Å². The zero-order chi connectivity index (χ0) is 43.3. The van der Waals surface area contributed by atoms with Gasteiger partial charge >= 0.3 is 6.09 Å². The maximum Gasteiger partial charge on any atom is 0.412 e. The van der Waals surface area contributed by atoms with E-state index in [1.807, 2.05) is 97.1 Å². The van der Waals surface area contributed by atoms with Crippen molar-refractivity contribution in [1.82, 2.24) is 5.32 Å². The highest BCUT2D eigenvalue weighted by atomic mass is 32.2. The van der Waals surface area contributed by atoms with E-state index in [9.17, 15) is 19.8 Å². The molecule has 4 aromatic carbocycles. The summed E-state index contributed by atoms with van der Waals surface area (Å²) in [5, 5.41) is 30.2. The van der Waals surface area contributed by atoms with E-state index in [1.165, 1.54) is 6.92 Å². The van der Waals surface area contributed by atoms with Crippen LogP contribution in [-0.4, -0.2) is 58.8 Å². The predicted molar refractivity (Wildman–Crippen MR) is 242 cm³/mol. The van der Waals surface area contributed by atoms with E-state index in [0.717, 1.165) is 58.6 Å². The summed E-state index contributed by atoms with van der Waals surface area (Å²) in [4.78, 5) is 32.2. The maximum atomic E-state index is 13.2. The molecule has 0 unspecified atom stereocenters. The molecule has 2 amide bonds. The molecule has 4 N–H and O–H groups in total. The van der Waals surface area contributed by atoms with Gasteiger partial charge in [-0.2, -0.15) is 0 Å². The van der Waals surface area contributed by atoms with E-state index in [4.69, 9.17) is 24.2 Å². The Hall–Kier alpha value is -5.40. The van der Waals surface area contributed by atoms with Crippen LogP contribution < -0.4 is 20.1 Å². The number of amides is 2. The molecule has 0 spiro atoms. The number of rotatable bonds is 20. The minimum Gasteiger partial charge on any atom is -0.460 e. The molecule has 2 aliphatic carbocycles. The van der Waals surface area contributed by atoms with Crippen LogP contribution in [-0.2, 0) is 27.5 Å². The van der Waals surface area contributed by atoms with Crippen molar-refractivity contribution in [2.24, 2.45) is 22.9 Å². The quantitative estimate of drug-likeness (QED) is 0.0388. The molecule has 7 rings (SSSR count). The van der Waals surface area contributed by atoms with Crippen LogP contribution in [0.15, 0.2) is 137 Å². The molecule has 6 atom stereocenters. The van der Waals surface area contributed by atoms with Crippen LogP contribution in [0.2, 0.25) is 0 Å². The number of carbonyl (C=O) groups excluding carboxylic acids is 2. The van der Waals surface area contributed by atoms with Gasteiger partial charge in [0.2, 0.25) is 11.7 Å². The van der Waals surface area contributed by atoms with Gasteiger partial charge < -0.3 is 39.9 Å². The minimum atomic E-state index is -1.21. The van der Waals surface area contributed by atoms with Crippen molar-refractivity contribution in [1.29, 1.82) is 0 Å². The Labute approximate surface area is 368 Å². The Bertz CT molecular complexity index is 2180. The van der Waals surface area contributed by atoms with Crippen molar-refractivity contribution >= 4 is 35.2 Å². The average Bonchev–Trinajstić information content (AvgIpc) is 3.28. The van der Waals surface area contributed by atoms with Crippen LogP contribution in [0.1, 0.15) is 74.5 Å². The number of nitrogens with one attached hydrogen (secondary N) is 2. The minimum absolute atomic E-state index is 0.0673. The van der Waals surface area contributed by atoms with Gasteiger partial charge in [0.1, 0.15) is 18.1 Å². The van der Waals surface area contributed by atoms with Gasteiger partial charge in [-0.05, 0) is 96.7 Å². The van der Waals surface area contributed by atoms with Gasteiger partial charge in [0.05, 0.1) is 23.5 Å². The standard InChI is InChI=1S/C50H57N3O8S/c1-3-28-58-50-46(62-40-23-20-38(21-24-40)52-34(2)56)31-44(53-59-33-36-16-8-5-9-17-36)42-29-37(18-10-12-26-54)41(19-11-13-27-55)47(48(42)50)43-30-39(22-25-45(43)61-50)60-49(57)51-32-35-14-6-4-7-15-35/h3-9,14-17,20-25,29-30,37,41,46-48,54-55H,1,10-13,18-19,26-28,31-33H2,2H3,(H,51,57)(H,52,56)/t37-,41+,46-,47+,48+,50+/m0/s1. The number of hydrogen-bond acceptors (Lipinski definition) is 10. The Morgan fingerprint density at radius 1 is 0.919 bits per heavy atom.